The molecule has 0 aromatic heterocycles. The molecule has 0 unspecified atom stereocenters. The molecule has 2 aliphatic rings. The summed E-state index contributed by atoms with van der Waals surface area (Å²) in [5.74, 6) is 0. The zero-order chi connectivity index (χ0) is 63.2. The highest BCUT2D eigenvalue weighted by Gasteiger charge is 2.35. The highest BCUT2D eigenvalue weighted by Crippen LogP contribution is 2.63. The standard InChI is InChI=1S/C96H60/c1-7-29-61(30-8-1)67-41-19-23-45-71(67)79-55-56-80(72-46-24-20-42-68(72)62-31-9-2-10-32-62)92-83-57-53-73(77-49-27-51-81(89(77)83)91(79)92)74-54-58-84-90-78(74)50-28-52-82(90)95-93(75-47-25-21-43-69(75)63-33-11-3-12-34-63)87-59-85(65-37-15-5-16-38-65)86(66-39-17-6-18-40-66)60-88(87)94(96(84)95)76-48-26-22-44-70(76)64-35-13-4-14-36-64/h1-60H. The molecule has 444 valence electrons. The Kier molecular flexibility index (Phi) is 13.0. The van der Waals surface area contributed by atoms with E-state index in [1.807, 2.05) is 0 Å². The van der Waals surface area contributed by atoms with E-state index in [1.165, 1.54) is 199 Å². The third kappa shape index (κ3) is 8.70. The van der Waals surface area contributed by atoms with Gasteiger partial charge in [-0.1, -0.05) is 352 Å². The average molecular weight is 1210 g/mol. The summed E-state index contributed by atoms with van der Waals surface area (Å²) >= 11 is 0. The van der Waals surface area contributed by atoms with Crippen LogP contribution >= 0.6 is 0 Å². The first kappa shape index (κ1) is 55.2. The summed E-state index contributed by atoms with van der Waals surface area (Å²) in [7, 11) is 0. The van der Waals surface area contributed by atoms with Gasteiger partial charge in [0, 0.05) is 0 Å². The second kappa shape index (κ2) is 22.7. The monoisotopic (exact) mass is 1210 g/mol. The van der Waals surface area contributed by atoms with Gasteiger partial charge >= 0.3 is 0 Å². The van der Waals surface area contributed by atoms with Gasteiger partial charge < -0.3 is 0 Å². The Bertz CT molecular complexity index is 5650. The lowest BCUT2D eigenvalue weighted by Crippen LogP contribution is -1.98. The van der Waals surface area contributed by atoms with E-state index in [0.29, 0.717) is 0 Å². The molecule has 17 aromatic rings. The molecule has 0 nitrogen and oxygen atoms in total. The molecule has 0 saturated carbocycles. The summed E-state index contributed by atoms with van der Waals surface area (Å²) in [4.78, 5) is 0. The van der Waals surface area contributed by atoms with E-state index in [0.717, 1.165) is 0 Å². The number of hydrogen-bond donors (Lipinski definition) is 0. The average Bonchev–Trinajstić information content (AvgIpc) is 1.50. The summed E-state index contributed by atoms with van der Waals surface area (Å²) in [6.07, 6.45) is 0. The Morgan fingerprint density at radius 1 is 0.104 bits per heavy atom. The van der Waals surface area contributed by atoms with Gasteiger partial charge in [0.15, 0.2) is 0 Å². The zero-order valence-electron chi connectivity index (χ0n) is 52.6. The number of hydrogen-bond acceptors (Lipinski definition) is 0. The molecule has 0 atom stereocenters. The van der Waals surface area contributed by atoms with Crippen LogP contribution < -0.4 is 0 Å². The highest BCUT2D eigenvalue weighted by molar-refractivity contribution is 6.32. The number of fused-ring (bicyclic) bond motifs is 7. The van der Waals surface area contributed by atoms with Crippen LogP contribution in [-0.4, -0.2) is 0 Å². The van der Waals surface area contributed by atoms with E-state index in [1.54, 1.807) is 0 Å². The zero-order valence-corrected chi connectivity index (χ0v) is 52.6. The smallest absolute Gasteiger partial charge is 0.000718 e. The Labute approximate surface area is 559 Å². The topological polar surface area (TPSA) is 0 Å². The van der Waals surface area contributed by atoms with Crippen molar-refractivity contribution in [2.24, 2.45) is 0 Å². The maximum Gasteiger partial charge on any atom is -0.000718 e. The van der Waals surface area contributed by atoms with Gasteiger partial charge in [-0.05, 0) is 211 Å². The van der Waals surface area contributed by atoms with Crippen molar-refractivity contribution in [3.8, 4) is 167 Å². The van der Waals surface area contributed by atoms with Crippen molar-refractivity contribution in [1.29, 1.82) is 0 Å². The Hall–Kier alpha value is -12.5. The maximum atomic E-state index is 2.54. The highest BCUT2D eigenvalue weighted by atomic mass is 14.4. The molecule has 96 heavy (non-hydrogen) atoms. The molecule has 0 spiro atoms. The van der Waals surface area contributed by atoms with E-state index in [9.17, 15) is 0 Å². The van der Waals surface area contributed by atoms with Crippen molar-refractivity contribution >= 4 is 32.3 Å². The fraction of sp³-hybridized carbons (Fsp3) is 0. The van der Waals surface area contributed by atoms with Gasteiger partial charge in [-0.2, -0.15) is 0 Å². The third-order valence-electron chi connectivity index (χ3n) is 20.4. The van der Waals surface area contributed by atoms with Gasteiger partial charge in [0.1, 0.15) is 0 Å². The quantitative estimate of drug-likeness (QED) is 0.121. The first-order valence-corrected chi connectivity index (χ1v) is 33.4. The van der Waals surface area contributed by atoms with Crippen LogP contribution in [0.15, 0.2) is 364 Å². The Morgan fingerprint density at radius 2 is 0.333 bits per heavy atom. The van der Waals surface area contributed by atoms with Gasteiger partial charge in [-0.15, -0.1) is 0 Å². The van der Waals surface area contributed by atoms with Gasteiger partial charge in [0.2, 0.25) is 0 Å². The predicted molar refractivity (Wildman–Crippen MR) is 408 cm³/mol. The molecule has 0 amide bonds. The molecule has 17 aromatic carbocycles. The van der Waals surface area contributed by atoms with Gasteiger partial charge in [0.05, 0.1) is 0 Å². The van der Waals surface area contributed by atoms with Crippen LogP contribution in [0.25, 0.3) is 199 Å². The second-order valence-corrected chi connectivity index (χ2v) is 25.5. The van der Waals surface area contributed by atoms with Crippen LogP contribution in [0.2, 0.25) is 0 Å². The van der Waals surface area contributed by atoms with E-state index < -0.39 is 0 Å². The number of benzene rings is 17. The van der Waals surface area contributed by atoms with Crippen molar-refractivity contribution in [3.05, 3.63) is 364 Å². The molecular weight excluding hydrogens is 1150 g/mol. The van der Waals surface area contributed by atoms with Crippen molar-refractivity contribution in [2.45, 2.75) is 0 Å². The molecular formula is C96H60. The first-order valence-electron chi connectivity index (χ1n) is 33.4. The Balaban J connectivity index is 0.906. The summed E-state index contributed by atoms with van der Waals surface area (Å²) in [5, 5.41) is 7.45. The molecule has 0 saturated heterocycles. The van der Waals surface area contributed by atoms with Gasteiger partial charge in [-0.3, -0.25) is 0 Å². The molecule has 0 fully saturated rings. The van der Waals surface area contributed by atoms with Gasteiger partial charge in [0.25, 0.3) is 0 Å². The fourth-order valence-electron chi connectivity index (χ4n) is 16.4. The van der Waals surface area contributed by atoms with Crippen LogP contribution in [0.1, 0.15) is 0 Å². The van der Waals surface area contributed by atoms with E-state index in [-0.39, 0.29) is 0 Å². The van der Waals surface area contributed by atoms with Crippen LogP contribution in [0, 0.1) is 0 Å². The molecule has 2 aliphatic carbocycles. The van der Waals surface area contributed by atoms with Crippen molar-refractivity contribution < 1.29 is 0 Å². The summed E-state index contributed by atoms with van der Waals surface area (Å²) < 4.78 is 0. The van der Waals surface area contributed by atoms with E-state index in [2.05, 4.69) is 364 Å². The molecule has 0 radical (unpaired) electrons. The summed E-state index contributed by atoms with van der Waals surface area (Å²) in [5.41, 5.74) is 36.6. The molecule has 0 aliphatic heterocycles. The third-order valence-corrected chi connectivity index (χ3v) is 20.4. The lowest BCUT2D eigenvalue weighted by Gasteiger charge is -2.25. The van der Waals surface area contributed by atoms with Crippen molar-refractivity contribution in [1.82, 2.24) is 0 Å². The Morgan fingerprint density at radius 3 is 0.677 bits per heavy atom. The summed E-state index contributed by atoms with van der Waals surface area (Å²) in [6.45, 7) is 0. The maximum absolute atomic E-state index is 2.54. The molecule has 0 heteroatoms. The number of rotatable bonds is 11. The van der Waals surface area contributed by atoms with E-state index >= 15 is 0 Å². The predicted octanol–water partition coefficient (Wildman–Crippen LogP) is 26.8. The van der Waals surface area contributed by atoms with Crippen molar-refractivity contribution in [3.63, 3.8) is 0 Å². The molecule has 19 rings (SSSR count). The lowest BCUT2D eigenvalue weighted by atomic mass is 9.78. The van der Waals surface area contributed by atoms with Crippen LogP contribution in [0.5, 0.6) is 0 Å². The van der Waals surface area contributed by atoms with Crippen LogP contribution in [0.4, 0.5) is 0 Å². The van der Waals surface area contributed by atoms with Crippen LogP contribution in [-0.2, 0) is 0 Å². The van der Waals surface area contributed by atoms with Crippen molar-refractivity contribution in [2.75, 3.05) is 0 Å². The SMILES string of the molecule is c1ccc(-c2cc3c(-c4ccccc4-c4ccccc4)c4c(c(-c5ccccc5-c5ccccc5)c3cc2-c2ccccc2)-c2ccc(-c3ccc5c6c(cccc36)-c3c(-c6ccccc6-c6ccccc6)ccc(-c6ccccc6-c6ccccc6)c3-5)c3cccc-4c23)cc1. The molecule has 0 bridgehead atoms. The van der Waals surface area contributed by atoms with E-state index in [4.69, 9.17) is 0 Å². The molecule has 0 heterocycles. The molecule has 0 N–H and O–H groups in total. The van der Waals surface area contributed by atoms with Crippen LogP contribution in [0.3, 0.4) is 0 Å². The van der Waals surface area contributed by atoms with Gasteiger partial charge in [-0.25, -0.2) is 0 Å². The normalized spacial score (nSPS) is 11.8. The lowest BCUT2D eigenvalue weighted by molar-refractivity contribution is 1.56. The summed E-state index contributed by atoms with van der Waals surface area (Å²) in [6, 6.07) is 136. The minimum atomic E-state index is 1.18. The largest absolute Gasteiger partial charge is 0.0622 e. The fourth-order valence-corrected chi connectivity index (χ4v) is 16.4. The second-order valence-electron chi connectivity index (χ2n) is 25.5. The minimum Gasteiger partial charge on any atom is -0.0622 e. The first-order chi connectivity index (χ1) is 47.7. The minimum absolute atomic E-state index is 1.18.